The van der Waals surface area contributed by atoms with Gasteiger partial charge in [-0.25, -0.2) is 0 Å². The monoisotopic (exact) mass is 283 g/mol. The van der Waals surface area contributed by atoms with E-state index < -0.39 is 0 Å². The van der Waals surface area contributed by atoms with Crippen LogP contribution in [0.4, 0.5) is 11.4 Å². The van der Waals surface area contributed by atoms with E-state index >= 15 is 0 Å². The number of carbonyl (C=O) groups is 1. The molecule has 2 heterocycles. The summed E-state index contributed by atoms with van der Waals surface area (Å²) in [4.78, 5) is 28.2. The first-order valence-corrected chi connectivity index (χ1v) is 7.07. The van der Waals surface area contributed by atoms with Crippen molar-refractivity contribution in [1.29, 1.82) is 0 Å². The number of rotatable bonds is 3. The molecule has 5 heteroatoms. The third-order valence-corrected chi connectivity index (χ3v) is 3.61. The molecule has 0 aliphatic carbocycles. The highest BCUT2D eigenvalue weighted by Gasteiger charge is 2.13. The van der Waals surface area contributed by atoms with Crippen LogP contribution in [0, 0.1) is 0 Å². The van der Waals surface area contributed by atoms with Crippen LogP contribution in [0.25, 0.3) is 0 Å². The van der Waals surface area contributed by atoms with Crippen LogP contribution < -0.4 is 15.8 Å². The molecule has 1 aromatic heterocycles. The van der Waals surface area contributed by atoms with Crippen LogP contribution in [0.15, 0.2) is 47.4 Å². The summed E-state index contributed by atoms with van der Waals surface area (Å²) in [5.41, 5.74) is 1.93. The Morgan fingerprint density at radius 1 is 1.14 bits per heavy atom. The fraction of sp³-hybridized carbons (Fsp3) is 0.250. The number of hydrogen-bond acceptors (Lipinski definition) is 3. The maximum absolute atomic E-state index is 12.1. The van der Waals surface area contributed by atoms with Gasteiger partial charge in [0.05, 0.1) is 0 Å². The zero-order valence-corrected chi connectivity index (χ0v) is 11.6. The number of H-pyrrole nitrogens is 1. The second-order valence-electron chi connectivity index (χ2n) is 5.14. The number of nitrogens with zero attached hydrogens (tertiary/aromatic N) is 1. The molecule has 1 aliphatic rings. The lowest BCUT2D eigenvalue weighted by Gasteiger charge is -2.18. The number of benzene rings is 1. The summed E-state index contributed by atoms with van der Waals surface area (Å²) in [5.74, 6) is -0.278. The molecule has 0 spiro atoms. The third-order valence-electron chi connectivity index (χ3n) is 3.61. The van der Waals surface area contributed by atoms with E-state index in [1.807, 2.05) is 24.3 Å². The summed E-state index contributed by atoms with van der Waals surface area (Å²) in [5, 5.41) is 2.83. The van der Waals surface area contributed by atoms with Crippen molar-refractivity contribution in [2.24, 2.45) is 0 Å². The molecule has 2 aromatic rings. The lowest BCUT2D eigenvalue weighted by atomic mass is 10.2. The highest BCUT2D eigenvalue weighted by Crippen LogP contribution is 2.23. The highest BCUT2D eigenvalue weighted by molar-refractivity contribution is 6.04. The van der Waals surface area contributed by atoms with Crippen molar-refractivity contribution in [3.63, 3.8) is 0 Å². The van der Waals surface area contributed by atoms with Gasteiger partial charge in [0.2, 0.25) is 5.56 Å². The largest absolute Gasteiger partial charge is 0.371 e. The third kappa shape index (κ3) is 3.13. The fourth-order valence-electron chi connectivity index (χ4n) is 2.54. The molecule has 1 fully saturated rings. The Bertz CT molecular complexity index is 702. The van der Waals surface area contributed by atoms with Crippen molar-refractivity contribution in [2.45, 2.75) is 12.8 Å². The van der Waals surface area contributed by atoms with E-state index in [2.05, 4.69) is 15.2 Å². The van der Waals surface area contributed by atoms with Crippen molar-refractivity contribution in [2.75, 3.05) is 23.3 Å². The Hall–Kier alpha value is -2.56. The van der Waals surface area contributed by atoms with Gasteiger partial charge < -0.3 is 15.2 Å². The van der Waals surface area contributed by atoms with Gasteiger partial charge in [0, 0.05) is 42.3 Å². The Morgan fingerprint density at radius 3 is 2.71 bits per heavy atom. The molecule has 21 heavy (non-hydrogen) atoms. The van der Waals surface area contributed by atoms with Crippen LogP contribution in [-0.4, -0.2) is 24.0 Å². The molecule has 1 amide bonds. The van der Waals surface area contributed by atoms with Gasteiger partial charge >= 0.3 is 0 Å². The van der Waals surface area contributed by atoms with E-state index in [0.29, 0.717) is 5.56 Å². The molecule has 1 aromatic carbocycles. The fourth-order valence-corrected chi connectivity index (χ4v) is 2.54. The quantitative estimate of drug-likeness (QED) is 0.908. The molecule has 0 bridgehead atoms. The van der Waals surface area contributed by atoms with Gasteiger partial charge in [0.1, 0.15) is 0 Å². The maximum atomic E-state index is 12.1. The van der Waals surface area contributed by atoms with E-state index in [0.717, 1.165) is 24.5 Å². The summed E-state index contributed by atoms with van der Waals surface area (Å²) >= 11 is 0. The summed E-state index contributed by atoms with van der Waals surface area (Å²) < 4.78 is 0. The number of pyridine rings is 1. The topological polar surface area (TPSA) is 65.2 Å². The maximum Gasteiger partial charge on any atom is 0.255 e. The molecular weight excluding hydrogens is 266 g/mol. The molecule has 5 nitrogen and oxygen atoms in total. The minimum absolute atomic E-state index is 0.278. The molecule has 0 radical (unpaired) electrons. The first kappa shape index (κ1) is 13.4. The van der Waals surface area contributed by atoms with Gasteiger partial charge in [-0.2, -0.15) is 0 Å². The first-order chi connectivity index (χ1) is 10.2. The minimum Gasteiger partial charge on any atom is -0.371 e. The standard InChI is InChI=1S/C16H17N3O2/c20-15-10-12(6-7-17-15)16(21)18-13-4-3-5-14(11-13)19-8-1-2-9-19/h3-7,10-11H,1-2,8-9H2,(H,17,20)(H,18,21). The number of anilines is 2. The van der Waals surface area contributed by atoms with Crippen molar-refractivity contribution in [1.82, 2.24) is 4.98 Å². The lowest BCUT2D eigenvalue weighted by molar-refractivity contribution is 0.102. The molecule has 0 unspecified atom stereocenters. The molecule has 3 rings (SSSR count). The number of amides is 1. The number of carbonyl (C=O) groups excluding carboxylic acids is 1. The Kier molecular flexibility index (Phi) is 3.73. The predicted octanol–water partition coefficient (Wildman–Crippen LogP) is 2.23. The Balaban J connectivity index is 1.77. The molecule has 2 N–H and O–H groups in total. The molecule has 0 saturated carbocycles. The van der Waals surface area contributed by atoms with E-state index in [1.54, 1.807) is 6.07 Å². The molecule has 1 aliphatic heterocycles. The smallest absolute Gasteiger partial charge is 0.255 e. The number of hydrogen-bond donors (Lipinski definition) is 2. The summed E-state index contributed by atoms with van der Waals surface area (Å²) in [6.45, 7) is 2.12. The summed E-state index contributed by atoms with van der Waals surface area (Å²) in [7, 11) is 0. The van der Waals surface area contributed by atoms with E-state index in [1.165, 1.54) is 25.1 Å². The molecule has 108 valence electrons. The highest BCUT2D eigenvalue weighted by atomic mass is 16.2. The van der Waals surface area contributed by atoms with Crippen LogP contribution >= 0.6 is 0 Å². The first-order valence-electron chi connectivity index (χ1n) is 7.07. The summed E-state index contributed by atoms with van der Waals surface area (Å²) in [6.07, 6.45) is 3.89. The number of nitrogens with one attached hydrogen (secondary N) is 2. The number of aromatic nitrogens is 1. The average Bonchev–Trinajstić information content (AvgIpc) is 3.02. The average molecular weight is 283 g/mol. The van der Waals surface area contributed by atoms with Gasteiger partial charge in [0.15, 0.2) is 0 Å². The summed E-state index contributed by atoms with van der Waals surface area (Å²) in [6, 6.07) is 10.7. The number of aromatic amines is 1. The van der Waals surface area contributed by atoms with Crippen LogP contribution in [0.5, 0.6) is 0 Å². The van der Waals surface area contributed by atoms with Crippen LogP contribution in [-0.2, 0) is 0 Å². The molecule has 1 saturated heterocycles. The lowest BCUT2D eigenvalue weighted by Crippen LogP contribution is -2.18. The van der Waals surface area contributed by atoms with Gasteiger partial charge in [-0.1, -0.05) is 6.07 Å². The van der Waals surface area contributed by atoms with E-state index in [4.69, 9.17) is 0 Å². The van der Waals surface area contributed by atoms with Gasteiger partial charge in [-0.3, -0.25) is 9.59 Å². The minimum atomic E-state index is -0.284. The van der Waals surface area contributed by atoms with Crippen LogP contribution in [0.3, 0.4) is 0 Å². The van der Waals surface area contributed by atoms with Crippen LogP contribution in [0.2, 0.25) is 0 Å². The van der Waals surface area contributed by atoms with Gasteiger partial charge in [0.25, 0.3) is 5.91 Å². The Labute approximate surface area is 122 Å². The SMILES string of the molecule is O=C(Nc1cccc(N2CCCC2)c1)c1cc[nH]c(=O)c1. The van der Waals surface area contributed by atoms with Crippen molar-refractivity contribution < 1.29 is 4.79 Å². The second-order valence-corrected chi connectivity index (χ2v) is 5.14. The molecule has 0 atom stereocenters. The van der Waals surface area contributed by atoms with E-state index in [-0.39, 0.29) is 11.5 Å². The van der Waals surface area contributed by atoms with Gasteiger partial charge in [-0.15, -0.1) is 0 Å². The normalized spacial score (nSPS) is 14.2. The van der Waals surface area contributed by atoms with Crippen molar-refractivity contribution >= 4 is 17.3 Å². The van der Waals surface area contributed by atoms with Crippen molar-refractivity contribution in [3.05, 3.63) is 58.5 Å². The van der Waals surface area contributed by atoms with E-state index in [9.17, 15) is 9.59 Å². The van der Waals surface area contributed by atoms with Gasteiger partial charge in [-0.05, 0) is 37.1 Å². The Morgan fingerprint density at radius 2 is 1.95 bits per heavy atom. The van der Waals surface area contributed by atoms with Crippen molar-refractivity contribution in [3.8, 4) is 0 Å². The van der Waals surface area contributed by atoms with Crippen LogP contribution in [0.1, 0.15) is 23.2 Å². The zero-order valence-electron chi connectivity index (χ0n) is 11.6. The second kappa shape index (κ2) is 5.83. The predicted molar refractivity (Wildman–Crippen MR) is 82.9 cm³/mol. The zero-order chi connectivity index (χ0) is 14.7. The molecular formula is C16H17N3O2.